The van der Waals surface area contributed by atoms with Crippen LogP contribution < -0.4 is 0 Å². The minimum atomic E-state index is 0.194. The summed E-state index contributed by atoms with van der Waals surface area (Å²) >= 11 is 0. The first-order chi connectivity index (χ1) is 6.10. The summed E-state index contributed by atoms with van der Waals surface area (Å²) in [5, 5.41) is 0. The van der Waals surface area contributed by atoms with Gasteiger partial charge in [-0.15, -0.1) is 0 Å². The average molecular weight is 184 g/mol. The van der Waals surface area contributed by atoms with E-state index in [0.29, 0.717) is 0 Å². The van der Waals surface area contributed by atoms with Crippen molar-refractivity contribution >= 4 is 0 Å². The lowest BCUT2D eigenvalue weighted by atomic mass is 9.80. The molecule has 0 unspecified atom stereocenters. The van der Waals surface area contributed by atoms with Crippen LogP contribution in [0.15, 0.2) is 12.3 Å². The first kappa shape index (κ1) is 12.5. The molecule has 0 aliphatic rings. The van der Waals surface area contributed by atoms with Gasteiger partial charge in [0.25, 0.3) is 0 Å². The standard InChI is InChI=1S/C12H24O/c1-6-9-12(5,10-7-2)11(4)13-8-3/h4,6-10H2,1-3,5H3. The van der Waals surface area contributed by atoms with Gasteiger partial charge in [-0.05, 0) is 19.8 Å². The summed E-state index contributed by atoms with van der Waals surface area (Å²) < 4.78 is 5.52. The highest BCUT2D eigenvalue weighted by Crippen LogP contribution is 2.36. The molecule has 0 aromatic carbocycles. The summed E-state index contributed by atoms with van der Waals surface area (Å²) in [5.41, 5.74) is 0.194. The molecule has 0 spiro atoms. The number of allylic oxidation sites excluding steroid dienone is 1. The minimum Gasteiger partial charge on any atom is -0.498 e. The van der Waals surface area contributed by atoms with Crippen molar-refractivity contribution in [3.63, 3.8) is 0 Å². The van der Waals surface area contributed by atoms with Crippen LogP contribution in [-0.2, 0) is 4.74 Å². The van der Waals surface area contributed by atoms with E-state index in [1.54, 1.807) is 0 Å². The molecule has 0 N–H and O–H groups in total. The largest absolute Gasteiger partial charge is 0.498 e. The highest BCUT2D eigenvalue weighted by Gasteiger charge is 2.26. The lowest BCUT2D eigenvalue weighted by Gasteiger charge is -2.30. The van der Waals surface area contributed by atoms with Gasteiger partial charge in [0.05, 0.1) is 12.4 Å². The van der Waals surface area contributed by atoms with E-state index in [4.69, 9.17) is 4.74 Å². The summed E-state index contributed by atoms with van der Waals surface area (Å²) in [4.78, 5) is 0. The molecule has 0 saturated carbocycles. The minimum absolute atomic E-state index is 0.194. The molecule has 13 heavy (non-hydrogen) atoms. The molecule has 0 aromatic rings. The zero-order chi connectivity index (χ0) is 10.3. The number of hydrogen-bond donors (Lipinski definition) is 0. The van der Waals surface area contributed by atoms with Crippen molar-refractivity contribution in [1.29, 1.82) is 0 Å². The van der Waals surface area contributed by atoms with Crippen molar-refractivity contribution < 1.29 is 4.74 Å². The van der Waals surface area contributed by atoms with Crippen molar-refractivity contribution in [2.75, 3.05) is 6.61 Å². The summed E-state index contributed by atoms with van der Waals surface area (Å²) in [7, 11) is 0. The zero-order valence-electron chi connectivity index (χ0n) is 9.65. The van der Waals surface area contributed by atoms with Crippen LogP contribution in [0.1, 0.15) is 53.4 Å². The van der Waals surface area contributed by atoms with E-state index in [0.717, 1.165) is 12.4 Å². The van der Waals surface area contributed by atoms with E-state index in [2.05, 4.69) is 27.4 Å². The van der Waals surface area contributed by atoms with Crippen LogP contribution in [0.3, 0.4) is 0 Å². The summed E-state index contributed by atoms with van der Waals surface area (Å²) in [6.45, 7) is 13.5. The molecule has 78 valence electrons. The van der Waals surface area contributed by atoms with Gasteiger partial charge in [-0.25, -0.2) is 0 Å². The van der Waals surface area contributed by atoms with Crippen molar-refractivity contribution in [2.24, 2.45) is 5.41 Å². The third-order valence-electron chi connectivity index (χ3n) is 2.60. The zero-order valence-corrected chi connectivity index (χ0v) is 9.65. The number of ether oxygens (including phenoxy) is 1. The molecule has 1 heteroatoms. The van der Waals surface area contributed by atoms with E-state index in [1.165, 1.54) is 25.7 Å². The molecule has 0 radical (unpaired) electrons. The Kier molecular flexibility index (Phi) is 5.85. The van der Waals surface area contributed by atoms with Crippen molar-refractivity contribution in [3.8, 4) is 0 Å². The molecule has 0 fully saturated rings. The maximum absolute atomic E-state index is 5.52. The van der Waals surface area contributed by atoms with E-state index in [-0.39, 0.29) is 5.41 Å². The fourth-order valence-corrected chi connectivity index (χ4v) is 1.86. The lowest BCUT2D eigenvalue weighted by molar-refractivity contribution is 0.131. The molecule has 0 bridgehead atoms. The number of hydrogen-bond acceptors (Lipinski definition) is 1. The molecular formula is C12H24O. The van der Waals surface area contributed by atoms with Crippen LogP contribution in [-0.4, -0.2) is 6.61 Å². The van der Waals surface area contributed by atoms with Gasteiger partial charge >= 0.3 is 0 Å². The Morgan fingerprint density at radius 3 is 1.92 bits per heavy atom. The Morgan fingerprint density at radius 2 is 1.62 bits per heavy atom. The Balaban J connectivity index is 4.27. The second-order valence-corrected chi connectivity index (χ2v) is 3.92. The first-order valence-electron chi connectivity index (χ1n) is 5.42. The van der Waals surface area contributed by atoms with Gasteiger partial charge in [0.2, 0.25) is 0 Å². The van der Waals surface area contributed by atoms with E-state index < -0.39 is 0 Å². The Hall–Kier alpha value is -0.460. The second kappa shape index (κ2) is 6.06. The maximum Gasteiger partial charge on any atom is 0.0946 e. The third kappa shape index (κ3) is 3.84. The quantitative estimate of drug-likeness (QED) is 0.540. The Bertz CT molecular complexity index is 143. The first-order valence-corrected chi connectivity index (χ1v) is 5.42. The van der Waals surface area contributed by atoms with Gasteiger partial charge in [0, 0.05) is 5.41 Å². The molecule has 0 aliphatic heterocycles. The Morgan fingerprint density at radius 1 is 1.15 bits per heavy atom. The van der Waals surface area contributed by atoms with E-state index in [1.807, 2.05) is 6.92 Å². The molecule has 0 atom stereocenters. The van der Waals surface area contributed by atoms with Gasteiger partial charge in [-0.1, -0.05) is 40.2 Å². The van der Waals surface area contributed by atoms with Gasteiger partial charge in [-0.3, -0.25) is 0 Å². The predicted octanol–water partition coefficient (Wildman–Crippen LogP) is 4.14. The van der Waals surface area contributed by atoms with Crippen LogP contribution in [0.4, 0.5) is 0 Å². The SMILES string of the molecule is C=C(OCC)C(C)(CCC)CCC. The van der Waals surface area contributed by atoms with Crippen LogP contribution in [0, 0.1) is 5.41 Å². The van der Waals surface area contributed by atoms with Crippen molar-refractivity contribution in [2.45, 2.75) is 53.4 Å². The van der Waals surface area contributed by atoms with Gasteiger partial charge < -0.3 is 4.74 Å². The molecule has 0 amide bonds. The fraction of sp³-hybridized carbons (Fsp3) is 0.833. The summed E-state index contributed by atoms with van der Waals surface area (Å²) in [6.07, 6.45) is 4.75. The lowest BCUT2D eigenvalue weighted by Crippen LogP contribution is -2.20. The van der Waals surface area contributed by atoms with Crippen LogP contribution in [0.2, 0.25) is 0 Å². The topological polar surface area (TPSA) is 9.23 Å². The van der Waals surface area contributed by atoms with E-state index >= 15 is 0 Å². The summed E-state index contributed by atoms with van der Waals surface area (Å²) in [6, 6.07) is 0. The molecule has 0 rings (SSSR count). The number of rotatable bonds is 7. The van der Waals surface area contributed by atoms with Gasteiger partial charge in [0.15, 0.2) is 0 Å². The van der Waals surface area contributed by atoms with Crippen LogP contribution >= 0.6 is 0 Å². The summed E-state index contributed by atoms with van der Waals surface area (Å²) in [5.74, 6) is 0.971. The van der Waals surface area contributed by atoms with Gasteiger partial charge in [0.1, 0.15) is 0 Å². The maximum atomic E-state index is 5.52. The average Bonchev–Trinajstić information content (AvgIpc) is 2.05. The molecule has 0 heterocycles. The highest BCUT2D eigenvalue weighted by atomic mass is 16.5. The van der Waals surface area contributed by atoms with E-state index in [9.17, 15) is 0 Å². The highest BCUT2D eigenvalue weighted by molar-refractivity contribution is 5.00. The third-order valence-corrected chi connectivity index (χ3v) is 2.60. The smallest absolute Gasteiger partial charge is 0.0946 e. The second-order valence-electron chi connectivity index (χ2n) is 3.92. The van der Waals surface area contributed by atoms with Crippen molar-refractivity contribution in [3.05, 3.63) is 12.3 Å². The molecule has 1 nitrogen and oxygen atoms in total. The normalized spacial score (nSPS) is 11.4. The molecule has 0 aromatic heterocycles. The predicted molar refractivity (Wildman–Crippen MR) is 58.7 cm³/mol. The van der Waals surface area contributed by atoms with Crippen molar-refractivity contribution in [1.82, 2.24) is 0 Å². The molecular weight excluding hydrogens is 160 g/mol. The van der Waals surface area contributed by atoms with Gasteiger partial charge in [-0.2, -0.15) is 0 Å². The van der Waals surface area contributed by atoms with Crippen LogP contribution in [0.5, 0.6) is 0 Å². The molecule has 0 aliphatic carbocycles. The molecule has 0 saturated heterocycles. The monoisotopic (exact) mass is 184 g/mol. The fourth-order valence-electron chi connectivity index (χ4n) is 1.86. The van der Waals surface area contributed by atoms with Crippen LogP contribution in [0.25, 0.3) is 0 Å². The Labute approximate surface area is 83.2 Å².